The highest BCUT2D eigenvalue weighted by atomic mass is 16.4. The molecule has 1 unspecified atom stereocenters. The first kappa shape index (κ1) is 17.3. The van der Waals surface area contributed by atoms with Gasteiger partial charge in [-0.25, -0.2) is 9.97 Å². The van der Waals surface area contributed by atoms with Gasteiger partial charge in [-0.15, -0.1) is 0 Å². The zero-order valence-electron chi connectivity index (χ0n) is 14.9. The minimum atomic E-state index is -0.681. The number of carboxylic acids is 1. The molecule has 2 aliphatic heterocycles. The summed E-state index contributed by atoms with van der Waals surface area (Å²) in [5.74, 6) is 0.568. The van der Waals surface area contributed by atoms with Gasteiger partial charge < -0.3 is 5.11 Å². The summed E-state index contributed by atoms with van der Waals surface area (Å²) in [6.45, 7) is 8.01. The Morgan fingerprint density at radius 2 is 2.12 bits per heavy atom. The lowest BCUT2D eigenvalue weighted by atomic mass is 9.76. The zero-order chi connectivity index (χ0) is 17.3. The van der Waals surface area contributed by atoms with Crippen LogP contribution >= 0.6 is 0 Å². The van der Waals surface area contributed by atoms with Crippen LogP contribution in [0.4, 0.5) is 0 Å². The Kier molecular flexibility index (Phi) is 4.88. The predicted octanol–water partition coefficient (Wildman–Crippen LogP) is 1.97. The molecule has 1 aromatic rings. The van der Waals surface area contributed by atoms with Gasteiger partial charge in [0.15, 0.2) is 0 Å². The first-order valence-corrected chi connectivity index (χ1v) is 8.86. The van der Waals surface area contributed by atoms with E-state index in [1.807, 2.05) is 24.2 Å². The second-order valence-electron chi connectivity index (χ2n) is 7.81. The van der Waals surface area contributed by atoms with Crippen LogP contribution in [-0.4, -0.2) is 63.6 Å². The van der Waals surface area contributed by atoms with E-state index < -0.39 is 5.97 Å². The number of carbonyl (C=O) groups is 1. The summed E-state index contributed by atoms with van der Waals surface area (Å²) in [4.78, 5) is 24.8. The lowest BCUT2D eigenvalue weighted by Gasteiger charge is -2.39. The van der Waals surface area contributed by atoms with Crippen molar-refractivity contribution in [1.29, 1.82) is 0 Å². The number of nitrogens with zero attached hydrogens (tertiary/aromatic N) is 4. The Hall–Kier alpha value is -1.53. The number of hydrogen-bond donors (Lipinski definition) is 1. The molecule has 1 aromatic heterocycles. The minimum absolute atomic E-state index is 0.184. The zero-order valence-corrected chi connectivity index (χ0v) is 14.9. The Balaban J connectivity index is 1.58. The Morgan fingerprint density at radius 3 is 2.71 bits per heavy atom. The molecular formula is C18H28N4O2. The van der Waals surface area contributed by atoms with Crippen molar-refractivity contribution in [2.24, 2.45) is 5.41 Å². The molecule has 1 N–H and O–H groups in total. The van der Waals surface area contributed by atoms with Gasteiger partial charge in [-0.2, -0.15) is 0 Å². The number of likely N-dealkylation sites (N-methyl/N-ethyl adjacent to an activating group) is 1. The van der Waals surface area contributed by atoms with Crippen LogP contribution in [0, 0.1) is 5.41 Å². The minimum Gasteiger partial charge on any atom is -0.480 e. The summed E-state index contributed by atoms with van der Waals surface area (Å²) in [6.07, 6.45) is 4.79. The van der Waals surface area contributed by atoms with E-state index in [9.17, 15) is 9.90 Å². The van der Waals surface area contributed by atoms with Gasteiger partial charge in [0.2, 0.25) is 0 Å². The molecule has 0 amide bonds. The molecule has 1 spiro atoms. The van der Waals surface area contributed by atoms with Gasteiger partial charge in [-0.05, 0) is 50.9 Å². The summed E-state index contributed by atoms with van der Waals surface area (Å²) >= 11 is 0. The highest BCUT2D eigenvalue weighted by Crippen LogP contribution is 2.42. The van der Waals surface area contributed by atoms with E-state index in [1.165, 1.54) is 0 Å². The number of aliphatic carboxylic acids is 1. The Bertz CT molecular complexity index is 596. The molecule has 1 atom stereocenters. The standard InChI is InChI=1S/C18H28N4O2/c1-13(2)16-19-7-4-14(20-16)11-22-8-5-18(6-9-22)10-15(17(23)24)21(3)12-18/h4,7,13,15H,5-6,8-12H2,1-3H3,(H,23,24). The second kappa shape index (κ2) is 6.76. The van der Waals surface area contributed by atoms with Gasteiger partial charge in [0.1, 0.15) is 11.9 Å². The molecule has 0 saturated carbocycles. The van der Waals surface area contributed by atoms with Crippen LogP contribution in [0.25, 0.3) is 0 Å². The molecule has 0 bridgehead atoms. The van der Waals surface area contributed by atoms with Gasteiger partial charge >= 0.3 is 5.97 Å². The first-order valence-electron chi connectivity index (χ1n) is 8.86. The molecule has 2 fully saturated rings. The van der Waals surface area contributed by atoms with E-state index >= 15 is 0 Å². The van der Waals surface area contributed by atoms with Gasteiger partial charge in [-0.3, -0.25) is 14.6 Å². The van der Waals surface area contributed by atoms with Crippen molar-refractivity contribution in [1.82, 2.24) is 19.8 Å². The fourth-order valence-electron chi connectivity index (χ4n) is 4.10. The van der Waals surface area contributed by atoms with E-state index in [0.29, 0.717) is 5.92 Å². The van der Waals surface area contributed by atoms with Crippen molar-refractivity contribution in [3.63, 3.8) is 0 Å². The van der Waals surface area contributed by atoms with E-state index in [-0.39, 0.29) is 11.5 Å². The van der Waals surface area contributed by atoms with Crippen molar-refractivity contribution < 1.29 is 9.90 Å². The number of hydrogen-bond acceptors (Lipinski definition) is 5. The van der Waals surface area contributed by atoms with Crippen molar-refractivity contribution in [3.8, 4) is 0 Å². The van der Waals surface area contributed by atoms with E-state index in [1.54, 1.807) is 0 Å². The van der Waals surface area contributed by atoms with Crippen LogP contribution in [0.2, 0.25) is 0 Å². The second-order valence-corrected chi connectivity index (χ2v) is 7.81. The van der Waals surface area contributed by atoms with Crippen LogP contribution in [0.5, 0.6) is 0 Å². The molecule has 3 heterocycles. The van der Waals surface area contributed by atoms with Gasteiger partial charge in [-0.1, -0.05) is 13.8 Å². The fourth-order valence-corrected chi connectivity index (χ4v) is 4.10. The number of likely N-dealkylation sites (tertiary alicyclic amines) is 2. The predicted molar refractivity (Wildman–Crippen MR) is 91.7 cm³/mol. The van der Waals surface area contributed by atoms with Crippen molar-refractivity contribution in [2.75, 3.05) is 26.7 Å². The van der Waals surface area contributed by atoms with Gasteiger partial charge in [0.05, 0.1) is 5.69 Å². The van der Waals surface area contributed by atoms with Crippen LogP contribution in [0.1, 0.15) is 50.5 Å². The molecule has 3 rings (SSSR count). The highest BCUT2D eigenvalue weighted by Gasteiger charge is 2.46. The number of piperidine rings is 1. The Labute approximate surface area is 143 Å². The molecule has 0 radical (unpaired) electrons. The van der Waals surface area contributed by atoms with Crippen molar-refractivity contribution in [2.45, 2.75) is 51.6 Å². The van der Waals surface area contributed by atoms with Gasteiger partial charge in [0.25, 0.3) is 0 Å². The molecule has 0 aromatic carbocycles. The maximum Gasteiger partial charge on any atom is 0.320 e. The van der Waals surface area contributed by atoms with E-state index in [4.69, 9.17) is 0 Å². The third kappa shape index (κ3) is 3.59. The van der Waals surface area contributed by atoms with Gasteiger partial charge in [0, 0.05) is 25.2 Å². The van der Waals surface area contributed by atoms with Crippen molar-refractivity contribution >= 4 is 5.97 Å². The summed E-state index contributed by atoms with van der Waals surface area (Å²) in [5, 5.41) is 9.35. The normalized spacial score (nSPS) is 24.8. The molecule has 6 nitrogen and oxygen atoms in total. The lowest BCUT2D eigenvalue weighted by molar-refractivity contribution is -0.141. The molecule has 132 valence electrons. The third-order valence-electron chi connectivity index (χ3n) is 5.58. The quantitative estimate of drug-likeness (QED) is 0.909. The number of carboxylic acid groups (broad SMARTS) is 1. The lowest BCUT2D eigenvalue weighted by Crippen LogP contribution is -2.41. The monoisotopic (exact) mass is 332 g/mol. The van der Waals surface area contributed by atoms with E-state index in [0.717, 1.165) is 57.0 Å². The number of rotatable bonds is 4. The Morgan fingerprint density at radius 1 is 1.42 bits per heavy atom. The molecule has 24 heavy (non-hydrogen) atoms. The SMILES string of the molecule is CC(C)c1nccc(CN2CCC3(CC2)CC(C(=O)O)N(C)C3)n1. The van der Waals surface area contributed by atoms with Crippen LogP contribution in [0.3, 0.4) is 0 Å². The summed E-state index contributed by atoms with van der Waals surface area (Å²) < 4.78 is 0. The first-order chi connectivity index (χ1) is 11.4. The molecule has 2 saturated heterocycles. The average Bonchev–Trinajstić information content (AvgIpc) is 2.87. The maximum absolute atomic E-state index is 11.4. The van der Waals surface area contributed by atoms with Crippen LogP contribution < -0.4 is 0 Å². The summed E-state index contributed by atoms with van der Waals surface area (Å²) in [5.41, 5.74) is 1.26. The molecule has 2 aliphatic rings. The highest BCUT2D eigenvalue weighted by molar-refractivity contribution is 5.74. The summed E-state index contributed by atoms with van der Waals surface area (Å²) in [6, 6.07) is 1.69. The van der Waals surface area contributed by atoms with Crippen molar-refractivity contribution in [3.05, 3.63) is 23.8 Å². The molecule has 6 heteroatoms. The topological polar surface area (TPSA) is 69.6 Å². The summed E-state index contributed by atoms with van der Waals surface area (Å²) in [7, 11) is 1.94. The third-order valence-corrected chi connectivity index (χ3v) is 5.58. The van der Waals surface area contributed by atoms with Crippen LogP contribution in [-0.2, 0) is 11.3 Å². The maximum atomic E-state index is 11.4. The van der Waals surface area contributed by atoms with E-state index in [2.05, 4.69) is 28.7 Å². The largest absolute Gasteiger partial charge is 0.480 e. The number of aromatic nitrogens is 2. The average molecular weight is 332 g/mol. The molecular weight excluding hydrogens is 304 g/mol. The smallest absolute Gasteiger partial charge is 0.320 e. The van der Waals surface area contributed by atoms with Crippen LogP contribution in [0.15, 0.2) is 12.3 Å². The molecule has 0 aliphatic carbocycles. The fraction of sp³-hybridized carbons (Fsp3) is 0.722.